The Morgan fingerprint density at radius 2 is 1.61 bits per heavy atom. The zero-order valence-electron chi connectivity index (χ0n) is 32.3. The molecule has 6 heterocycles. The normalized spacial score (nSPS) is 17.5. The second-order valence-corrected chi connectivity index (χ2v) is 15.2. The summed E-state index contributed by atoms with van der Waals surface area (Å²) in [6.07, 6.45) is 5.65. The lowest BCUT2D eigenvalue weighted by Gasteiger charge is -2.40. The Balaban J connectivity index is 0.769. The van der Waals surface area contributed by atoms with Crippen molar-refractivity contribution in [1.29, 1.82) is 0 Å². The fraction of sp³-hybridized carbons (Fsp3) is 0.349. The Morgan fingerprint density at radius 3 is 2.39 bits per heavy atom. The number of fused-ring (bicyclic) bond motifs is 2. The Labute approximate surface area is 331 Å². The number of pyridine rings is 1. The summed E-state index contributed by atoms with van der Waals surface area (Å²) in [7, 11) is 0. The predicted octanol–water partition coefficient (Wildman–Crippen LogP) is 5.87. The van der Waals surface area contributed by atoms with Crippen LogP contribution in [0.2, 0.25) is 0 Å². The number of piperazine rings is 1. The highest BCUT2D eigenvalue weighted by molar-refractivity contribution is 6.06. The van der Waals surface area contributed by atoms with E-state index in [0.717, 1.165) is 107 Å². The third kappa shape index (κ3) is 7.34. The van der Waals surface area contributed by atoms with Gasteiger partial charge in [-0.2, -0.15) is 0 Å². The summed E-state index contributed by atoms with van der Waals surface area (Å²) in [4.78, 5) is 59.8. The highest BCUT2D eigenvalue weighted by atomic mass is 16.5. The summed E-state index contributed by atoms with van der Waals surface area (Å²) in [5, 5.41) is 10.1. The average Bonchev–Trinajstić information content (AvgIpc) is 3.24. The van der Waals surface area contributed by atoms with Crippen LogP contribution in [0, 0.1) is 19.8 Å². The number of aromatic nitrogens is 3. The number of benzene rings is 3. The number of imide groups is 1. The Hall–Kier alpha value is -6.44. The minimum Gasteiger partial charge on any atom is -0.474 e. The molecule has 0 atom stereocenters. The maximum absolute atomic E-state index is 13.6. The second-order valence-electron chi connectivity index (χ2n) is 15.2. The number of carbonyl (C=O) groups is 3. The van der Waals surface area contributed by atoms with E-state index in [-0.39, 0.29) is 23.8 Å². The molecule has 4 amide bonds. The van der Waals surface area contributed by atoms with Gasteiger partial charge in [-0.25, -0.2) is 19.7 Å². The molecule has 14 heteroatoms. The Morgan fingerprint density at radius 1 is 0.842 bits per heavy atom. The number of ether oxygens (including phenoxy) is 1. The maximum atomic E-state index is 13.6. The third-order valence-corrected chi connectivity index (χ3v) is 11.7. The van der Waals surface area contributed by atoms with Crippen molar-refractivity contribution in [1.82, 2.24) is 25.2 Å². The van der Waals surface area contributed by atoms with Gasteiger partial charge in [0.1, 0.15) is 12.3 Å². The summed E-state index contributed by atoms with van der Waals surface area (Å²) in [5.74, 6) is 1.22. The van der Waals surface area contributed by atoms with Crippen molar-refractivity contribution in [2.75, 3.05) is 84.3 Å². The minimum absolute atomic E-state index is 0.0292. The summed E-state index contributed by atoms with van der Waals surface area (Å²) >= 11 is 0. The van der Waals surface area contributed by atoms with Crippen LogP contribution >= 0.6 is 0 Å². The van der Waals surface area contributed by atoms with Gasteiger partial charge in [0, 0.05) is 111 Å². The van der Waals surface area contributed by atoms with Crippen LogP contribution < -0.4 is 35.4 Å². The molecule has 3 aromatic carbocycles. The number of aryl methyl sites for hydroxylation is 1. The molecule has 57 heavy (non-hydrogen) atoms. The van der Waals surface area contributed by atoms with E-state index < -0.39 is 0 Å². The first-order valence-electron chi connectivity index (χ1n) is 19.8. The zero-order chi connectivity index (χ0) is 39.0. The van der Waals surface area contributed by atoms with Crippen LogP contribution in [-0.4, -0.2) is 96.7 Å². The average molecular weight is 767 g/mol. The molecule has 292 valence electrons. The van der Waals surface area contributed by atoms with Crippen molar-refractivity contribution < 1.29 is 19.1 Å². The van der Waals surface area contributed by atoms with Gasteiger partial charge in [0.2, 0.25) is 23.6 Å². The van der Waals surface area contributed by atoms with Crippen LogP contribution in [-0.2, 0) is 9.59 Å². The number of hydrogen-bond donors (Lipinski definition) is 3. The molecule has 4 aliphatic heterocycles. The van der Waals surface area contributed by atoms with Crippen LogP contribution in [0.15, 0.2) is 73.1 Å². The van der Waals surface area contributed by atoms with E-state index in [1.807, 2.05) is 42.4 Å². The molecular weight excluding hydrogens is 721 g/mol. The number of nitrogens with one attached hydrogen (secondary N) is 3. The SMILES string of the molecule is Cc1cc(N2CCN(C(=O)C3CCN(c4ccc(Nc5ncc6ccc(-c7cnc8c(c7C)NCCO8)cc6n5)cc4)CC3)CC2)ccc1N1CCC(=O)NC1=O. The first-order valence-corrected chi connectivity index (χ1v) is 19.8. The molecule has 5 aromatic rings. The summed E-state index contributed by atoms with van der Waals surface area (Å²) in [6.45, 7) is 10.4. The smallest absolute Gasteiger partial charge is 0.328 e. The molecule has 3 saturated heterocycles. The summed E-state index contributed by atoms with van der Waals surface area (Å²) < 4.78 is 5.71. The fourth-order valence-corrected chi connectivity index (χ4v) is 8.41. The number of urea groups is 1. The molecule has 0 bridgehead atoms. The first kappa shape index (κ1) is 36.2. The van der Waals surface area contributed by atoms with Gasteiger partial charge in [-0.05, 0) is 91.9 Å². The molecule has 4 aliphatic rings. The van der Waals surface area contributed by atoms with Crippen LogP contribution in [0.4, 0.5) is 39.2 Å². The zero-order valence-corrected chi connectivity index (χ0v) is 32.3. The van der Waals surface area contributed by atoms with Gasteiger partial charge in [-0.1, -0.05) is 12.1 Å². The number of rotatable bonds is 7. The van der Waals surface area contributed by atoms with Crippen LogP contribution in [0.25, 0.3) is 22.0 Å². The number of hydrogen-bond acceptors (Lipinski definition) is 11. The molecule has 0 radical (unpaired) electrons. The molecule has 14 nitrogen and oxygen atoms in total. The van der Waals surface area contributed by atoms with Gasteiger partial charge in [0.25, 0.3) is 0 Å². The van der Waals surface area contributed by atoms with Crippen molar-refractivity contribution in [3.8, 4) is 17.0 Å². The van der Waals surface area contributed by atoms with E-state index in [1.54, 1.807) is 4.90 Å². The summed E-state index contributed by atoms with van der Waals surface area (Å²) in [5.41, 5.74) is 9.85. The largest absolute Gasteiger partial charge is 0.474 e. The lowest BCUT2D eigenvalue weighted by atomic mass is 9.94. The van der Waals surface area contributed by atoms with Gasteiger partial charge >= 0.3 is 6.03 Å². The fourth-order valence-electron chi connectivity index (χ4n) is 8.41. The Kier molecular flexibility index (Phi) is 9.68. The number of nitrogens with zero attached hydrogens (tertiary/aromatic N) is 7. The van der Waals surface area contributed by atoms with E-state index in [1.165, 1.54) is 0 Å². The topological polar surface area (TPSA) is 148 Å². The number of piperidine rings is 1. The molecule has 3 N–H and O–H groups in total. The van der Waals surface area contributed by atoms with Crippen LogP contribution in [0.5, 0.6) is 5.88 Å². The van der Waals surface area contributed by atoms with E-state index >= 15 is 0 Å². The van der Waals surface area contributed by atoms with Crippen molar-refractivity contribution in [2.24, 2.45) is 5.92 Å². The molecule has 0 aliphatic carbocycles. The van der Waals surface area contributed by atoms with Gasteiger partial charge in [0.15, 0.2) is 0 Å². The van der Waals surface area contributed by atoms with Gasteiger partial charge in [-0.3, -0.25) is 19.8 Å². The molecule has 2 aromatic heterocycles. The van der Waals surface area contributed by atoms with Crippen molar-refractivity contribution in [3.63, 3.8) is 0 Å². The van der Waals surface area contributed by atoms with Crippen LogP contribution in [0.1, 0.15) is 30.4 Å². The van der Waals surface area contributed by atoms with Gasteiger partial charge < -0.3 is 30.1 Å². The lowest BCUT2D eigenvalue weighted by molar-refractivity contribution is -0.136. The highest BCUT2D eigenvalue weighted by Gasteiger charge is 2.31. The predicted molar refractivity (Wildman–Crippen MR) is 222 cm³/mol. The molecule has 0 saturated carbocycles. The van der Waals surface area contributed by atoms with Gasteiger partial charge in [-0.15, -0.1) is 0 Å². The number of carbonyl (C=O) groups excluding carboxylic acids is 3. The highest BCUT2D eigenvalue weighted by Crippen LogP contribution is 2.36. The molecule has 9 rings (SSSR count). The van der Waals surface area contributed by atoms with E-state index in [9.17, 15) is 14.4 Å². The van der Waals surface area contributed by atoms with Crippen molar-refractivity contribution in [2.45, 2.75) is 33.1 Å². The first-order chi connectivity index (χ1) is 27.8. The number of anilines is 6. The quantitative estimate of drug-likeness (QED) is 0.183. The Bertz CT molecular complexity index is 2350. The molecule has 3 fully saturated rings. The van der Waals surface area contributed by atoms with E-state index in [0.29, 0.717) is 44.5 Å². The third-order valence-electron chi connectivity index (χ3n) is 11.7. The number of amides is 4. The lowest BCUT2D eigenvalue weighted by Crippen LogP contribution is -2.51. The molecule has 0 unspecified atom stereocenters. The molecule has 0 spiro atoms. The van der Waals surface area contributed by atoms with Crippen molar-refractivity contribution >= 4 is 63.1 Å². The summed E-state index contributed by atoms with van der Waals surface area (Å²) in [6, 6.07) is 20.2. The van der Waals surface area contributed by atoms with E-state index in [4.69, 9.17) is 9.72 Å². The minimum atomic E-state index is -0.376. The standard InChI is InChI=1S/C43H46N10O4/c1-27-23-34(9-10-37(27)53-17-13-38(54)49-43(53)56)51-18-20-52(21-19-51)41(55)29-11-15-50(16-12-29)33-7-5-32(6-8-33)47-42-46-25-31-4-3-30(24-36(31)48-42)35-26-45-40-39(28(35)2)44-14-22-57-40/h3-10,23-26,29,44H,11-22H2,1-2H3,(H,46,47,48)(H,49,54,56). The second kappa shape index (κ2) is 15.2. The van der Waals surface area contributed by atoms with Gasteiger partial charge in [0.05, 0.1) is 5.52 Å². The molecular formula is C43H46N10O4. The van der Waals surface area contributed by atoms with E-state index in [2.05, 4.69) is 85.1 Å². The van der Waals surface area contributed by atoms with Crippen molar-refractivity contribution in [3.05, 3.63) is 84.2 Å². The monoisotopic (exact) mass is 766 g/mol. The maximum Gasteiger partial charge on any atom is 0.328 e. The van der Waals surface area contributed by atoms with Crippen LogP contribution in [0.3, 0.4) is 0 Å².